The van der Waals surface area contributed by atoms with Crippen molar-refractivity contribution in [1.82, 2.24) is 0 Å². The molecule has 0 aromatic heterocycles. The molecule has 0 heterocycles. The van der Waals surface area contributed by atoms with Gasteiger partial charge < -0.3 is 22.0 Å². The number of aromatic hydroxyl groups is 2. The summed E-state index contributed by atoms with van der Waals surface area (Å²) >= 11 is 1.30. The van der Waals surface area contributed by atoms with Gasteiger partial charge in [0.05, 0.1) is 0 Å². The molecule has 1 aromatic carbocycles. The summed E-state index contributed by atoms with van der Waals surface area (Å²) in [5, 5.41) is 18.1. The van der Waals surface area contributed by atoms with Gasteiger partial charge >= 0.3 is 0 Å². The maximum absolute atomic E-state index is 9.06. The number of rotatable bonds is 1. The fourth-order valence-corrected chi connectivity index (χ4v) is 1.30. The fourth-order valence-electron chi connectivity index (χ4n) is 0.818. The zero-order valence-corrected chi connectivity index (χ0v) is 10.4. The van der Waals surface area contributed by atoms with Crippen molar-refractivity contribution >= 4 is 11.8 Å². The zero-order chi connectivity index (χ0) is 8.43. The first-order chi connectivity index (χ1) is 5.15. The molecule has 0 aliphatic carbocycles. The maximum Gasteiger partial charge on any atom is 0.158 e. The molecule has 2 nitrogen and oxygen atoms in total. The Balaban J connectivity index is 0.00000121. The van der Waals surface area contributed by atoms with E-state index in [2.05, 4.69) is 6.26 Å². The molecular formula is C8H9O2SY-. The Morgan fingerprint density at radius 3 is 2.25 bits per heavy atom. The summed E-state index contributed by atoms with van der Waals surface area (Å²) in [5.41, 5.74) is 0.917. The maximum atomic E-state index is 9.06. The Labute approximate surface area is 101 Å². The van der Waals surface area contributed by atoms with Gasteiger partial charge in [-0.2, -0.15) is 0 Å². The smallest absolute Gasteiger partial charge is 0.158 e. The first-order valence-corrected chi connectivity index (χ1v) is 4.08. The summed E-state index contributed by atoms with van der Waals surface area (Å²) in [4.78, 5) is 0.875. The summed E-state index contributed by atoms with van der Waals surface area (Å²) in [6.45, 7) is 1.85. The van der Waals surface area contributed by atoms with Crippen LogP contribution >= 0.6 is 11.8 Å². The summed E-state index contributed by atoms with van der Waals surface area (Å²) in [7, 11) is 0. The monoisotopic (exact) mass is 258 g/mol. The largest absolute Gasteiger partial charge is 0.504 e. The standard InChI is InChI=1S/C8H9O2S.Y/c1-5-3-6(9)7(10)4-8(5)11-2;/h3-4,9-10H,2H2,1H3;/q-1;. The van der Waals surface area contributed by atoms with Crippen molar-refractivity contribution in [3.63, 3.8) is 0 Å². The molecule has 12 heavy (non-hydrogen) atoms. The molecule has 2 N–H and O–H groups in total. The van der Waals surface area contributed by atoms with E-state index in [9.17, 15) is 0 Å². The van der Waals surface area contributed by atoms with E-state index in [4.69, 9.17) is 10.2 Å². The van der Waals surface area contributed by atoms with Crippen LogP contribution in [-0.4, -0.2) is 10.2 Å². The average molecular weight is 258 g/mol. The zero-order valence-electron chi connectivity index (χ0n) is 6.74. The molecule has 4 heteroatoms. The van der Waals surface area contributed by atoms with Gasteiger partial charge in [-0.25, -0.2) is 0 Å². The van der Waals surface area contributed by atoms with E-state index < -0.39 is 0 Å². The van der Waals surface area contributed by atoms with E-state index in [-0.39, 0.29) is 44.2 Å². The number of phenols is 2. The van der Waals surface area contributed by atoms with Gasteiger partial charge in [0.2, 0.25) is 0 Å². The minimum Gasteiger partial charge on any atom is -0.504 e. The van der Waals surface area contributed by atoms with Crippen LogP contribution in [0, 0.1) is 13.2 Å². The van der Waals surface area contributed by atoms with Gasteiger partial charge in [0.1, 0.15) is 0 Å². The minimum atomic E-state index is -0.0956. The van der Waals surface area contributed by atoms with Crippen molar-refractivity contribution < 1.29 is 42.9 Å². The Morgan fingerprint density at radius 1 is 1.25 bits per heavy atom. The van der Waals surface area contributed by atoms with Gasteiger partial charge in [-0.05, 0) is 29.5 Å². The van der Waals surface area contributed by atoms with E-state index in [1.54, 1.807) is 0 Å². The molecule has 0 saturated carbocycles. The van der Waals surface area contributed by atoms with E-state index in [1.807, 2.05) is 6.92 Å². The van der Waals surface area contributed by atoms with Crippen LogP contribution in [0.15, 0.2) is 17.0 Å². The van der Waals surface area contributed by atoms with Gasteiger partial charge in [0, 0.05) is 32.7 Å². The number of aryl methyl sites for hydroxylation is 1. The van der Waals surface area contributed by atoms with E-state index >= 15 is 0 Å². The third kappa shape index (κ3) is 2.65. The van der Waals surface area contributed by atoms with Gasteiger partial charge in [-0.1, -0.05) is 0 Å². The Bertz CT molecular complexity index is 276. The molecule has 0 aliphatic heterocycles. The van der Waals surface area contributed by atoms with Crippen LogP contribution in [0.2, 0.25) is 0 Å². The molecule has 0 bridgehead atoms. The molecule has 0 atom stereocenters. The second kappa shape index (κ2) is 5.10. The van der Waals surface area contributed by atoms with Crippen LogP contribution in [0.1, 0.15) is 5.56 Å². The SMILES string of the molecule is [CH2-]Sc1cc(O)c(O)cc1C.[Y]. The first kappa shape index (κ1) is 12.3. The number of phenolic OH excluding ortho intramolecular Hbond substituents is 2. The molecule has 1 rings (SSSR count). The first-order valence-electron chi connectivity index (χ1n) is 3.09. The number of thioether (sulfide) groups is 1. The third-order valence-electron chi connectivity index (χ3n) is 1.43. The van der Waals surface area contributed by atoms with E-state index in [0.717, 1.165) is 10.5 Å². The van der Waals surface area contributed by atoms with Crippen LogP contribution in [0.5, 0.6) is 11.5 Å². The predicted octanol–water partition coefficient (Wildman–Crippen LogP) is 2.29. The summed E-state index contributed by atoms with van der Waals surface area (Å²) in [5.74, 6) is -0.179. The topological polar surface area (TPSA) is 40.5 Å². The van der Waals surface area contributed by atoms with Crippen LogP contribution in [0.4, 0.5) is 0 Å². The van der Waals surface area contributed by atoms with Crippen molar-refractivity contribution in [2.75, 3.05) is 0 Å². The van der Waals surface area contributed by atoms with Crippen molar-refractivity contribution in [3.05, 3.63) is 24.0 Å². The third-order valence-corrected chi connectivity index (χ3v) is 2.18. The molecular weight excluding hydrogens is 249 g/mol. The van der Waals surface area contributed by atoms with Crippen molar-refractivity contribution in [1.29, 1.82) is 0 Å². The quantitative estimate of drug-likeness (QED) is 0.461. The molecule has 1 aromatic rings. The van der Waals surface area contributed by atoms with E-state index in [1.165, 1.54) is 23.9 Å². The molecule has 0 spiro atoms. The number of hydrogen-bond donors (Lipinski definition) is 2. The second-order valence-corrected chi connectivity index (χ2v) is 2.98. The van der Waals surface area contributed by atoms with Gasteiger partial charge in [0.25, 0.3) is 0 Å². The van der Waals surface area contributed by atoms with Crippen molar-refractivity contribution in [3.8, 4) is 11.5 Å². The summed E-state index contributed by atoms with van der Waals surface area (Å²) in [6.07, 6.45) is 3.61. The van der Waals surface area contributed by atoms with Crippen LogP contribution in [-0.2, 0) is 32.7 Å². The molecule has 0 aliphatic rings. The molecule has 0 fully saturated rings. The van der Waals surface area contributed by atoms with Crippen LogP contribution in [0.3, 0.4) is 0 Å². The van der Waals surface area contributed by atoms with E-state index in [0.29, 0.717) is 0 Å². The molecule has 1 radical (unpaired) electrons. The Morgan fingerprint density at radius 2 is 1.75 bits per heavy atom. The average Bonchev–Trinajstić information content (AvgIpc) is 1.97. The van der Waals surface area contributed by atoms with Gasteiger partial charge in [-0.3, -0.25) is 6.26 Å². The van der Waals surface area contributed by atoms with Gasteiger partial charge in [0.15, 0.2) is 11.5 Å². The Kier molecular flexibility index (Phi) is 5.22. The number of hydrogen-bond acceptors (Lipinski definition) is 3. The minimum absolute atomic E-state index is 0. The van der Waals surface area contributed by atoms with Crippen molar-refractivity contribution in [2.45, 2.75) is 11.8 Å². The van der Waals surface area contributed by atoms with Crippen molar-refractivity contribution in [2.24, 2.45) is 0 Å². The fraction of sp³-hybridized carbons (Fsp3) is 0.125. The number of benzene rings is 1. The molecule has 0 saturated heterocycles. The molecule has 0 amide bonds. The summed E-state index contributed by atoms with van der Waals surface area (Å²) in [6, 6.07) is 3.02. The molecule has 63 valence electrons. The molecule has 0 unspecified atom stereocenters. The van der Waals surface area contributed by atoms with Crippen LogP contribution in [0.25, 0.3) is 0 Å². The normalized spacial score (nSPS) is 9.17. The van der Waals surface area contributed by atoms with Gasteiger partial charge in [-0.15, -0.1) is 0 Å². The second-order valence-electron chi connectivity index (χ2n) is 2.25. The summed E-state index contributed by atoms with van der Waals surface area (Å²) < 4.78 is 0. The van der Waals surface area contributed by atoms with Crippen LogP contribution < -0.4 is 0 Å². The predicted molar refractivity (Wildman–Crippen MR) is 45.7 cm³/mol. The Hall–Kier alpha value is 0.274.